The van der Waals surface area contributed by atoms with Gasteiger partial charge in [0.25, 0.3) is 5.91 Å². The van der Waals surface area contributed by atoms with Crippen molar-refractivity contribution < 1.29 is 9.53 Å². The molecule has 25 heavy (non-hydrogen) atoms. The third-order valence-electron chi connectivity index (χ3n) is 4.94. The van der Waals surface area contributed by atoms with Crippen LogP contribution < -0.4 is 4.74 Å². The van der Waals surface area contributed by atoms with Crippen LogP contribution in [0.3, 0.4) is 0 Å². The fourth-order valence-electron chi connectivity index (χ4n) is 3.25. The molecule has 4 rings (SSSR count). The number of likely N-dealkylation sites (N-methyl/N-ethyl adjacent to an activating group) is 1. The Morgan fingerprint density at radius 2 is 2.16 bits per heavy atom. The quantitative estimate of drug-likeness (QED) is 0.737. The minimum absolute atomic E-state index is 0.0436. The van der Waals surface area contributed by atoms with E-state index < -0.39 is 0 Å². The Hall–Kier alpha value is -2.89. The molecule has 0 bridgehead atoms. The van der Waals surface area contributed by atoms with Crippen LogP contribution in [0.1, 0.15) is 22.8 Å². The van der Waals surface area contributed by atoms with E-state index in [0.29, 0.717) is 5.56 Å². The first kappa shape index (κ1) is 15.6. The average molecular weight is 336 g/mol. The van der Waals surface area contributed by atoms with Crippen molar-refractivity contribution >= 4 is 17.1 Å². The predicted octanol–water partition coefficient (Wildman–Crippen LogP) is 2.43. The van der Waals surface area contributed by atoms with Gasteiger partial charge >= 0.3 is 0 Å². The molecule has 0 unspecified atom stereocenters. The van der Waals surface area contributed by atoms with Crippen molar-refractivity contribution in [2.45, 2.75) is 25.5 Å². The van der Waals surface area contributed by atoms with Crippen LogP contribution in [0.5, 0.6) is 5.75 Å². The lowest BCUT2D eigenvalue weighted by Gasteiger charge is -2.29. The first-order chi connectivity index (χ1) is 12.0. The molecular formula is C19H20N4O2. The highest BCUT2D eigenvalue weighted by atomic mass is 16.5. The fraction of sp³-hybridized carbons (Fsp3) is 0.316. The molecule has 128 valence electrons. The molecule has 0 saturated carbocycles. The number of carbonyl (C=O) groups excluding carboxylic acids is 1. The summed E-state index contributed by atoms with van der Waals surface area (Å²) in [6.07, 6.45) is 4.08. The number of imidazole rings is 1. The normalized spacial score (nSPS) is 17.2. The smallest absolute Gasteiger partial charge is 0.255 e. The molecular weight excluding hydrogens is 316 g/mol. The number of fused-ring (bicyclic) bond motifs is 2. The average Bonchev–Trinajstić information content (AvgIpc) is 3.23. The number of benzene rings is 1. The highest BCUT2D eigenvalue weighted by Crippen LogP contribution is 2.30. The van der Waals surface area contributed by atoms with Crippen molar-refractivity contribution in [2.75, 3.05) is 7.05 Å². The van der Waals surface area contributed by atoms with Crippen molar-refractivity contribution in [2.24, 2.45) is 7.05 Å². The van der Waals surface area contributed by atoms with E-state index in [-0.39, 0.29) is 18.1 Å². The van der Waals surface area contributed by atoms with Crippen LogP contribution in [0, 0.1) is 0 Å². The van der Waals surface area contributed by atoms with Gasteiger partial charge in [-0.25, -0.2) is 9.97 Å². The molecule has 2 aromatic heterocycles. The van der Waals surface area contributed by atoms with Gasteiger partial charge in [0.05, 0.1) is 17.9 Å². The van der Waals surface area contributed by atoms with Crippen LogP contribution in [-0.4, -0.2) is 44.5 Å². The summed E-state index contributed by atoms with van der Waals surface area (Å²) >= 11 is 0. The number of carbonyl (C=O) groups is 1. The second-order valence-corrected chi connectivity index (χ2v) is 6.55. The largest absolute Gasteiger partial charge is 0.488 e. The van der Waals surface area contributed by atoms with Gasteiger partial charge in [0.2, 0.25) is 0 Å². The van der Waals surface area contributed by atoms with Crippen LogP contribution in [0.4, 0.5) is 0 Å². The van der Waals surface area contributed by atoms with E-state index in [9.17, 15) is 4.79 Å². The Morgan fingerprint density at radius 1 is 1.36 bits per heavy atom. The Balaban J connectivity index is 1.53. The molecule has 2 atom stereocenters. The molecule has 3 heterocycles. The van der Waals surface area contributed by atoms with Gasteiger partial charge in [-0.3, -0.25) is 4.79 Å². The molecule has 1 amide bonds. The molecule has 1 aromatic carbocycles. The molecule has 0 aliphatic carbocycles. The van der Waals surface area contributed by atoms with Crippen LogP contribution >= 0.6 is 0 Å². The summed E-state index contributed by atoms with van der Waals surface area (Å²) in [4.78, 5) is 23.2. The summed E-state index contributed by atoms with van der Waals surface area (Å²) in [6.45, 7) is 2.02. The lowest BCUT2D eigenvalue weighted by molar-refractivity contribution is 0.0598. The maximum absolute atomic E-state index is 12.9. The third-order valence-corrected chi connectivity index (χ3v) is 4.94. The molecule has 0 radical (unpaired) electrons. The number of hydrogen-bond donors (Lipinski definition) is 0. The molecule has 3 aromatic rings. The summed E-state index contributed by atoms with van der Waals surface area (Å²) in [5, 5.41) is 0. The maximum Gasteiger partial charge on any atom is 0.255 e. The van der Waals surface area contributed by atoms with Gasteiger partial charge in [0, 0.05) is 26.7 Å². The molecule has 6 nitrogen and oxygen atoms in total. The monoisotopic (exact) mass is 336 g/mol. The van der Waals surface area contributed by atoms with Crippen molar-refractivity contribution in [3.63, 3.8) is 0 Å². The lowest BCUT2D eigenvalue weighted by Crippen LogP contribution is -2.44. The van der Waals surface area contributed by atoms with Crippen molar-refractivity contribution in [3.05, 3.63) is 54.0 Å². The van der Waals surface area contributed by atoms with E-state index in [1.165, 1.54) is 5.56 Å². The van der Waals surface area contributed by atoms with Crippen LogP contribution in [-0.2, 0) is 13.5 Å². The topological polar surface area (TPSA) is 60.2 Å². The summed E-state index contributed by atoms with van der Waals surface area (Å²) in [7, 11) is 3.69. The molecule has 0 N–H and O–H groups in total. The van der Waals surface area contributed by atoms with Crippen molar-refractivity contribution in [1.29, 1.82) is 0 Å². The highest BCUT2D eigenvalue weighted by Gasteiger charge is 2.32. The Bertz CT molecular complexity index is 925. The number of rotatable bonds is 3. The van der Waals surface area contributed by atoms with E-state index in [0.717, 1.165) is 23.3 Å². The molecule has 0 fully saturated rings. The summed E-state index contributed by atoms with van der Waals surface area (Å²) < 4.78 is 7.86. The predicted molar refractivity (Wildman–Crippen MR) is 94.6 cm³/mol. The molecule has 1 aliphatic rings. The first-order valence-corrected chi connectivity index (χ1v) is 8.33. The van der Waals surface area contributed by atoms with Crippen LogP contribution in [0.25, 0.3) is 11.2 Å². The van der Waals surface area contributed by atoms with Crippen molar-refractivity contribution in [1.82, 2.24) is 19.4 Å². The number of hydrogen-bond acceptors (Lipinski definition) is 4. The molecule has 0 saturated heterocycles. The standard InChI is InChI=1S/C19H20N4O2/c1-12(17-9-13-6-4-5-7-16(13)25-17)23(3)19(24)14-8-15-18(20-10-14)22(2)11-21-15/h4-8,10-12,17H,9H2,1-3H3/t12-,17-/m1/s1. The summed E-state index contributed by atoms with van der Waals surface area (Å²) in [5.74, 6) is 0.837. The highest BCUT2D eigenvalue weighted by molar-refractivity contribution is 5.96. The zero-order chi connectivity index (χ0) is 17.6. The molecule has 1 aliphatic heterocycles. The number of ether oxygens (including phenoxy) is 1. The van der Waals surface area contributed by atoms with E-state index in [1.54, 1.807) is 23.5 Å². The number of pyridine rings is 1. The van der Waals surface area contributed by atoms with Gasteiger partial charge in [-0.05, 0) is 24.6 Å². The molecule has 6 heteroatoms. The van der Waals surface area contributed by atoms with Gasteiger partial charge < -0.3 is 14.2 Å². The van der Waals surface area contributed by atoms with E-state index in [2.05, 4.69) is 16.0 Å². The number of para-hydroxylation sites is 1. The van der Waals surface area contributed by atoms with Gasteiger partial charge in [0.1, 0.15) is 17.4 Å². The Morgan fingerprint density at radius 3 is 2.96 bits per heavy atom. The van der Waals surface area contributed by atoms with E-state index >= 15 is 0 Å². The first-order valence-electron chi connectivity index (χ1n) is 8.33. The maximum atomic E-state index is 12.9. The van der Waals surface area contributed by atoms with E-state index in [4.69, 9.17) is 4.74 Å². The van der Waals surface area contributed by atoms with Crippen molar-refractivity contribution in [3.8, 4) is 5.75 Å². The van der Waals surface area contributed by atoms with Gasteiger partial charge in [-0.1, -0.05) is 18.2 Å². The fourth-order valence-corrected chi connectivity index (χ4v) is 3.25. The zero-order valence-electron chi connectivity index (χ0n) is 14.5. The van der Waals surface area contributed by atoms with Gasteiger partial charge in [0.15, 0.2) is 5.65 Å². The summed E-state index contributed by atoms with van der Waals surface area (Å²) in [6, 6.07) is 9.76. The second-order valence-electron chi connectivity index (χ2n) is 6.55. The number of aryl methyl sites for hydroxylation is 1. The molecule has 0 spiro atoms. The number of nitrogens with zero attached hydrogens (tertiary/aromatic N) is 4. The van der Waals surface area contributed by atoms with Gasteiger partial charge in [-0.2, -0.15) is 0 Å². The SMILES string of the molecule is C[C@H]([C@H]1Cc2ccccc2O1)N(C)C(=O)c1cnc2c(c1)ncn2C. The van der Waals surface area contributed by atoms with Crippen LogP contribution in [0.15, 0.2) is 42.9 Å². The lowest BCUT2D eigenvalue weighted by atomic mass is 10.0. The Labute approximate surface area is 146 Å². The van der Waals surface area contributed by atoms with Crippen LogP contribution in [0.2, 0.25) is 0 Å². The minimum Gasteiger partial charge on any atom is -0.488 e. The van der Waals surface area contributed by atoms with Gasteiger partial charge in [-0.15, -0.1) is 0 Å². The number of amides is 1. The Kier molecular flexibility index (Phi) is 3.67. The minimum atomic E-state index is -0.0768. The third kappa shape index (κ3) is 2.63. The summed E-state index contributed by atoms with van der Waals surface area (Å²) in [5.41, 5.74) is 3.22. The zero-order valence-corrected chi connectivity index (χ0v) is 14.5. The number of aromatic nitrogens is 3. The second kappa shape index (κ2) is 5.88. The van der Waals surface area contributed by atoms with E-state index in [1.807, 2.05) is 43.8 Å².